The van der Waals surface area contributed by atoms with Crippen molar-refractivity contribution in [1.82, 2.24) is 0 Å². The first-order chi connectivity index (χ1) is 12.3. The van der Waals surface area contributed by atoms with E-state index in [-0.39, 0.29) is 0 Å². The predicted molar refractivity (Wildman–Crippen MR) is 102 cm³/mol. The standard InChI is InChI=1S/C20H23N3O3/c1-5-26-18-11-8-15(12-17(18)23(3)4)20(2,19(24)25)22-16-9-6-14(13-21)7-10-16/h6-12,22H,5H2,1-4H3,(H,24,25). The maximum Gasteiger partial charge on any atom is 0.333 e. The lowest BCUT2D eigenvalue weighted by molar-refractivity contribution is -0.142. The molecular formula is C20H23N3O3. The predicted octanol–water partition coefficient (Wildman–Crippen LogP) is 3.43. The largest absolute Gasteiger partial charge is 0.492 e. The third-order valence-electron chi connectivity index (χ3n) is 4.15. The highest BCUT2D eigenvalue weighted by molar-refractivity contribution is 5.85. The van der Waals surface area contributed by atoms with Crippen LogP contribution in [0.1, 0.15) is 25.0 Å². The van der Waals surface area contributed by atoms with Crippen LogP contribution in [0.5, 0.6) is 5.75 Å². The molecule has 0 aliphatic rings. The zero-order valence-corrected chi connectivity index (χ0v) is 15.4. The fraction of sp³-hybridized carbons (Fsp3) is 0.300. The number of nitriles is 1. The molecule has 136 valence electrons. The van der Waals surface area contributed by atoms with Crippen molar-refractivity contribution >= 4 is 17.3 Å². The van der Waals surface area contributed by atoms with E-state index < -0.39 is 11.5 Å². The molecule has 26 heavy (non-hydrogen) atoms. The molecule has 0 bridgehead atoms. The molecule has 0 aromatic heterocycles. The number of carbonyl (C=O) groups is 1. The summed E-state index contributed by atoms with van der Waals surface area (Å²) in [6.45, 7) is 4.05. The molecule has 0 radical (unpaired) electrons. The van der Waals surface area contributed by atoms with E-state index in [9.17, 15) is 9.90 Å². The highest BCUT2D eigenvalue weighted by Gasteiger charge is 2.36. The fourth-order valence-electron chi connectivity index (χ4n) is 2.62. The Labute approximate surface area is 153 Å². The van der Waals surface area contributed by atoms with Crippen molar-refractivity contribution in [2.45, 2.75) is 19.4 Å². The number of nitrogens with zero attached hydrogens (tertiary/aromatic N) is 2. The van der Waals surface area contributed by atoms with Crippen LogP contribution in [0.2, 0.25) is 0 Å². The summed E-state index contributed by atoms with van der Waals surface area (Å²) in [5.74, 6) is -0.303. The van der Waals surface area contributed by atoms with Gasteiger partial charge in [0.1, 0.15) is 5.75 Å². The van der Waals surface area contributed by atoms with Gasteiger partial charge in [-0.05, 0) is 55.8 Å². The monoisotopic (exact) mass is 353 g/mol. The van der Waals surface area contributed by atoms with E-state index in [0.717, 1.165) is 5.69 Å². The van der Waals surface area contributed by atoms with Gasteiger partial charge in [0.2, 0.25) is 0 Å². The number of rotatable bonds is 7. The van der Waals surface area contributed by atoms with Crippen molar-refractivity contribution in [3.8, 4) is 11.8 Å². The molecule has 0 heterocycles. The van der Waals surface area contributed by atoms with Gasteiger partial charge in [0.05, 0.1) is 23.9 Å². The maximum atomic E-state index is 12.1. The molecule has 0 amide bonds. The van der Waals surface area contributed by atoms with Crippen molar-refractivity contribution in [2.75, 3.05) is 30.9 Å². The van der Waals surface area contributed by atoms with Crippen LogP contribution in [0.3, 0.4) is 0 Å². The fourth-order valence-corrected chi connectivity index (χ4v) is 2.62. The van der Waals surface area contributed by atoms with Gasteiger partial charge in [0.25, 0.3) is 0 Å². The highest BCUT2D eigenvalue weighted by Crippen LogP contribution is 2.34. The maximum absolute atomic E-state index is 12.1. The molecule has 0 aliphatic heterocycles. The first-order valence-corrected chi connectivity index (χ1v) is 8.28. The molecule has 2 rings (SSSR count). The summed E-state index contributed by atoms with van der Waals surface area (Å²) >= 11 is 0. The summed E-state index contributed by atoms with van der Waals surface area (Å²) < 4.78 is 5.63. The summed E-state index contributed by atoms with van der Waals surface area (Å²) in [5.41, 5.74) is 1.20. The van der Waals surface area contributed by atoms with E-state index in [0.29, 0.717) is 29.2 Å². The smallest absolute Gasteiger partial charge is 0.333 e. The van der Waals surface area contributed by atoms with Gasteiger partial charge in [-0.3, -0.25) is 0 Å². The lowest BCUT2D eigenvalue weighted by Gasteiger charge is -2.29. The number of ether oxygens (including phenoxy) is 1. The second-order valence-corrected chi connectivity index (χ2v) is 6.25. The molecule has 0 fully saturated rings. The van der Waals surface area contributed by atoms with Gasteiger partial charge in [0, 0.05) is 19.8 Å². The van der Waals surface area contributed by atoms with E-state index in [2.05, 4.69) is 5.32 Å². The Morgan fingerprint density at radius 3 is 2.42 bits per heavy atom. The van der Waals surface area contributed by atoms with Crippen molar-refractivity contribution in [3.05, 3.63) is 53.6 Å². The van der Waals surface area contributed by atoms with E-state index in [1.165, 1.54) is 0 Å². The molecule has 0 aliphatic carbocycles. The molecule has 0 spiro atoms. The van der Waals surface area contributed by atoms with Crippen molar-refractivity contribution in [2.24, 2.45) is 0 Å². The Hall–Kier alpha value is -3.20. The van der Waals surface area contributed by atoms with E-state index in [1.807, 2.05) is 38.1 Å². The summed E-state index contributed by atoms with van der Waals surface area (Å²) in [6.07, 6.45) is 0. The van der Waals surface area contributed by atoms with Crippen LogP contribution in [0.15, 0.2) is 42.5 Å². The third-order valence-corrected chi connectivity index (χ3v) is 4.15. The lowest BCUT2D eigenvalue weighted by Crippen LogP contribution is -2.40. The number of hydrogen-bond acceptors (Lipinski definition) is 5. The highest BCUT2D eigenvalue weighted by atomic mass is 16.5. The number of nitrogens with one attached hydrogen (secondary N) is 1. The molecule has 1 unspecified atom stereocenters. The van der Waals surface area contributed by atoms with Gasteiger partial charge in [-0.25, -0.2) is 4.79 Å². The van der Waals surface area contributed by atoms with Crippen LogP contribution in [0, 0.1) is 11.3 Å². The van der Waals surface area contributed by atoms with Crippen molar-refractivity contribution in [3.63, 3.8) is 0 Å². The second kappa shape index (κ2) is 7.79. The Morgan fingerprint density at radius 2 is 1.92 bits per heavy atom. The minimum atomic E-state index is -1.34. The van der Waals surface area contributed by atoms with Gasteiger partial charge in [0.15, 0.2) is 5.54 Å². The molecule has 2 aromatic rings. The van der Waals surface area contributed by atoms with Crippen molar-refractivity contribution < 1.29 is 14.6 Å². The molecule has 0 saturated carbocycles. The molecule has 1 atom stereocenters. The number of carboxylic acids is 1. The van der Waals surface area contributed by atoms with Gasteiger partial charge >= 0.3 is 5.97 Å². The molecule has 0 saturated heterocycles. The third kappa shape index (κ3) is 3.89. The zero-order valence-electron chi connectivity index (χ0n) is 15.4. The Kier molecular flexibility index (Phi) is 5.73. The zero-order chi connectivity index (χ0) is 19.3. The number of aliphatic carboxylic acids is 1. The van der Waals surface area contributed by atoms with Crippen LogP contribution in [-0.4, -0.2) is 31.8 Å². The number of hydrogen-bond donors (Lipinski definition) is 2. The Bertz CT molecular complexity index is 825. The number of benzene rings is 2. The summed E-state index contributed by atoms with van der Waals surface area (Å²) in [6, 6.07) is 14.1. The quantitative estimate of drug-likeness (QED) is 0.793. The van der Waals surface area contributed by atoms with E-state index in [4.69, 9.17) is 10.00 Å². The van der Waals surface area contributed by atoms with Crippen LogP contribution < -0.4 is 15.0 Å². The minimum Gasteiger partial charge on any atom is -0.492 e. The van der Waals surface area contributed by atoms with E-state index in [1.54, 1.807) is 43.3 Å². The van der Waals surface area contributed by atoms with Crippen LogP contribution in [-0.2, 0) is 10.3 Å². The van der Waals surface area contributed by atoms with Crippen LogP contribution >= 0.6 is 0 Å². The van der Waals surface area contributed by atoms with Crippen molar-refractivity contribution in [1.29, 1.82) is 5.26 Å². The van der Waals surface area contributed by atoms with E-state index >= 15 is 0 Å². The van der Waals surface area contributed by atoms with Crippen LogP contribution in [0.4, 0.5) is 11.4 Å². The van der Waals surface area contributed by atoms with Crippen LogP contribution in [0.25, 0.3) is 0 Å². The van der Waals surface area contributed by atoms with Gasteiger partial charge < -0.3 is 20.1 Å². The number of carboxylic acid groups (broad SMARTS) is 1. The average Bonchev–Trinajstić information content (AvgIpc) is 2.62. The topological polar surface area (TPSA) is 85.6 Å². The second-order valence-electron chi connectivity index (χ2n) is 6.25. The average molecular weight is 353 g/mol. The minimum absolute atomic E-state index is 0.517. The lowest BCUT2D eigenvalue weighted by atomic mass is 9.90. The summed E-state index contributed by atoms with van der Waals surface area (Å²) in [4.78, 5) is 14.0. The molecule has 2 N–H and O–H groups in total. The molecular weight excluding hydrogens is 330 g/mol. The Morgan fingerprint density at radius 1 is 1.27 bits per heavy atom. The number of anilines is 2. The Balaban J connectivity index is 2.46. The first-order valence-electron chi connectivity index (χ1n) is 8.28. The van der Waals surface area contributed by atoms with Gasteiger partial charge in [-0.1, -0.05) is 6.07 Å². The molecule has 6 nitrogen and oxygen atoms in total. The summed E-state index contributed by atoms with van der Waals surface area (Å²) in [7, 11) is 3.77. The normalized spacial score (nSPS) is 12.6. The molecule has 6 heteroatoms. The molecule has 2 aromatic carbocycles. The SMILES string of the molecule is CCOc1ccc(C(C)(Nc2ccc(C#N)cc2)C(=O)O)cc1N(C)C. The van der Waals surface area contributed by atoms with Gasteiger partial charge in [-0.15, -0.1) is 0 Å². The first kappa shape index (κ1) is 19.1. The van der Waals surface area contributed by atoms with Gasteiger partial charge in [-0.2, -0.15) is 5.26 Å². The summed E-state index contributed by atoms with van der Waals surface area (Å²) in [5, 5.41) is 21.9.